The highest BCUT2D eigenvalue weighted by Crippen LogP contribution is 2.36. The van der Waals surface area contributed by atoms with Gasteiger partial charge in [-0.2, -0.15) is 0 Å². The van der Waals surface area contributed by atoms with Gasteiger partial charge in [-0.3, -0.25) is 0 Å². The SMILES string of the molecule is C[C@H](O)C(=O)OC[C@@H]1CCC[N@+]2(C)CCCC[C@@H]12. The van der Waals surface area contributed by atoms with Crippen molar-refractivity contribution in [2.45, 2.75) is 51.2 Å². The van der Waals surface area contributed by atoms with Gasteiger partial charge in [0.2, 0.25) is 0 Å². The molecular formula is C14H26NO3+. The number of aliphatic hydroxyl groups excluding tert-OH is 1. The lowest BCUT2D eigenvalue weighted by Gasteiger charge is -2.51. The summed E-state index contributed by atoms with van der Waals surface area (Å²) in [5, 5.41) is 9.16. The molecule has 2 fully saturated rings. The molecule has 104 valence electrons. The summed E-state index contributed by atoms with van der Waals surface area (Å²) in [5.41, 5.74) is 0. The van der Waals surface area contributed by atoms with Crippen molar-refractivity contribution in [2.24, 2.45) is 5.92 Å². The zero-order chi connectivity index (χ0) is 13.2. The fourth-order valence-electron chi connectivity index (χ4n) is 3.74. The van der Waals surface area contributed by atoms with Gasteiger partial charge in [0.25, 0.3) is 0 Å². The van der Waals surface area contributed by atoms with E-state index in [-0.39, 0.29) is 0 Å². The van der Waals surface area contributed by atoms with E-state index in [4.69, 9.17) is 9.84 Å². The third kappa shape index (κ3) is 2.86. The van der Waals surface area contributed by atoms with Crippen molar-refractivity contribution >= 4 is 5.97 Å². The van der Waals surface area contributed by atoms with Gasteiger partial charge in [-0.05, 0) is 32.6 Å². The van der Waals surface area contributed by atoms with Crippen LogP contribution in [-0.4, -0.2) is 54.4 Å². The fraction of sp³-hybridized carbons (Fsp3) is 0.929. The standard InChI is InChI=1S/C14H26NO3/c1-11(16)14(17)18-10-12-6-5-9-15(2)8-4-3-7-13(12)15/h11-13,16H,3-10H2,1-2H3/q+1/t11-,12-,13-,15-/m0/s1. The third-order valence-electron chi connectivity index (χ3n) is 4.79. The molecule has 0 aromatic heterocycles. The molecule has 2 aliphatic rings. The zero-order valence-electron chi connectivity index (χ0n) is 11.6. The molecule has 4 heteroatoms. The second kappa shape index (κ2) is 5.57. The second-order valence-electron chi connectivity index (χ2n) is 6.20. The van der Waals surface area contributed by atoms with Crippen LogP contribution >= 0.6 is 0 Å². The molecule has 0 aromatic rings. The molecule has 4 atom stereocenters. The number of hydrogen-bond donors (Lipinski definition) is 1. The lowest BCUT2D eigenvalue weighted by Crippen LogP contribution is -2.61. The molecule has 1 N–H and O–H groups in total. The predicted molar refractivity (Wildman–Crippen MR) is 68.9 cm³/mol. The molecule has 0 aliphatic carbocycles. The number of hydrogen-bond acceptors (Lipinski definition) is 3. The summed E-state index contributed by atoms with van der Waals surface area (Å²) in [6, 6.07) is 0.647. The van der Waals surface area contributed by atoms with Gasteiger partial charge in [0, 0.05) is 12.3 Å². The Balaban J connectivity index is 1.93. The smallest absolute Gasteiger partial charge is 0.334 e. The Labute approximate surface area is 110 Å². The Morgan fingerprint density at radius 1 is 1.33 bits per heavy atom. The van der Waals surface area contributed by atoms with Gasteiger partial charge in [-0.1, -0.05) is 0 Å². The fourth-order valence-corrected chi connectivity index (χ4v) is 3.74. The van der Waals surface area contributed by atoms with Crippen molar-refractivity contribution in [3.63, 3.8) is 0 Å². The third-order valence-corrected chi connectivity index (χ3v) is 4.79. The first-order valence-corrected chi connectivity index (χ1v) is 7.22. The van der Waals surface area contributed by atoms with E-state index in [2.05, 4.69) is 7.05 Å². The van der Waals surface area contributed by atoms with Gasteiger partial charge >= 0.3 is 5.97 Å². The van der Waals surface area contributed by atoms with E-state index in [1.54, 1.807) is 0 Å². The van der Waals surface area contributed by atoms with Crippen LogP contribution in [0.15, 0.2) is 0 Å². The molecule has 0 spiro atoms. The van der Waals surface area contributed by atoms with Gasteiger partial charge < -0.3 is 14.3 Å². The Morgan fingerprint density at radius 2 is 2.06 bits per heavy atom. The van der Waals surface area contributed by atoms with E-state index in [0.717, 1.165) is 10.9 Å². The van der Waals surface area contributed by atoms with Crippen molar-refractivity contribution in [3.05, 3.63) is 0 Å². The molecule has 0 unspecified atom stereocenters. The molecule has 2 rings (SSSR count). The van der Waals surface area contributed by atoms with Crippen LogP contribution in [0.2, 0.25) is 0 Å². The van der Waals surface area contributed by atoms with E-state index in [0.29, 0.717) is 18.6 Å². The van der Waals surface area contributed by atoms with Crippen LogP contribution in [0, 0.1) is 5.92 Å². The molecule has 0 amide bonds. The Hall–Kier alpha value is -0.610. The van der Waals surface area contributed by atoms with E-state index >= 15 is 0 Å². The monoisotopic (exact) mass is 256 g/mol. The van der Waals surface area contributed by atoms with Crippen LogP contribution in [0.25, 0.3) is 0 Å². The lowest BCUT2D eigenvalue weighted by molar-refractivity contribution is -0.947. The van der Waals surface area contributed by atoms with Crippen LogP contribution in [0.1, 0.15) is 39.0 Å². The van der Waals surface area contributed by atoms with Crippen molar-refractivity contribution in [2.75, 3.05) is 26.7 Å². The van der Waals surface area contributed by atoms with Gasteiger partial charge in [-0.15, -0.1) is 0 Å². The maximum atomic E-state index is 11.3. The molecule has 0 radical (unpaired) electrons. The molecule has 2 aliphatic heterocycles. The number of carbonyl (C=O) groups excluding carboxylic acids is 1. The van der Waals surface area contributed by atoms with Gasteiger partial charge in [0.15, 0.2) is 0 Å². The number of piperidine rings is 2. The first kappa shape index (κ1) is 13.8. The summed E-state index contributed by atoms with van der Waals surface area (Å²) >= 11 is 0. The van der Waals surface area contributed by atoms with Crippen molar-refractivity contribution in [3.8, 4) is 0 Å². The minimum Gasteiger partial charge on any atom is -0.463 e. The molecular weight excluding hydrogens is 230 g/mol. The minimum atomic E-state index is -0.999. The Bertz CT molecular complexity index is 301. The van der Waals surface area contributed by atoms with Crippen LogP contribution in [-0.2, 0) is 9.53 Å². The van der Waals surface area contributed by atoms with Gasteiger partial charge in [0.1, 0.15) is 6.10 Å². The van der Waals surface area contributed by atoms with Crippen LogP contribution < -0.4 is 0 Å². The highest BCUT2D eigenvalue weighted by Gasteiger charge is 2.43. The van der Waals surface area contributed by atoms with Crippen LogP contribution in [0.5, 0.6) is 0 Å². The summed E-state index contributed by atoms with van der Waals surface area (Å²) < 4.78 is 6.40. The highest BCUT2D eigenvalue weighted by molar-refractivity contribution is 5.73. The predicted octanol–water partition coefficient (Wildman–Crippen LogP) is 1.32. The quantitative estimate of drug-likeness (QED) is 0.612. The maximum Gasteiger partial charge on any atom is 0.334 e. The summed E-state index contributed by atoms with van der Waals surface area (Å²) in [4.78, 5) is 11.3. The second-order valence-corrected chi connectivity index (χ2v) is 6.20. The summed E-state index contributed by atoms with van der Waals surface area (Å²) in [7, 11) is 2.35. The molecule has 0 saturated carbocycles. The van der Waals surface area contributed by atoms with Crippen LogP contribution in [0.3, 0.4) is 0 Å². The zero-order valence-corrected chi connectivity index (χ0v) is 11.6. The number of nitrogens with zero attached hydrogens (tertiary/aromatic N) is 1. The van der Waals surface area contributed by atoms with Gasteiger partial charge in [0.05, 0.1) is 32.8 Å². The highest BCUT2D eigenvalue weighted by atomic mass is 16.5. The summed E-state index contributed by atoms with van der Waals surface area (Å²) in [6.45, 7) is 4.49. The number of esters is 1. The topological polar surface area (TPSA) is 46.5 Å². The lowest BCUT2D eigenvalue weighted by atomic mass is 9.82. The van der Waals surface area contributed by atoms with Gasteiger partial charge in [-0.25, -0.2) is 4.79 Å². The Morgan fingerprint density at radius 3 is 2.78 bits per heavy atom. The first-order valence-electron chi connectivity index (χ1n) is 7.22. The van der Waals surface area contributed by atoms with E-state index in [1.165, 1.54) is 45.7 Å². The molecule has 4 nitrogen and oxygen atoms in total. The van der Waals surface area contributed by atoms with E-state index < -0.39 is 12.1 Å². The number of carbonyl (C=O) groups is 1. The van der Waals surface area contributed by atoms with Crippen molar-refractivity contribution in [1.82, 2.24) is 0 Å². The largest absolute Gasteiger partial charge is 0.463 e. The Kier molecular flexibility index (Phi) is 4.28. The minimum absolute atomic E-state index is 0.478. The van der Waals surface area contributed by atoms with E-state index in [9.17, 15) is 4.79 Å². The number of aliphatic hydroxyl groups is 1. The maximum absolute atomic E-state index is 11.3. The molecule has 2 saturated heterocycles. The summed E-state index contributed by atoms with van der Waals surface area (Å²) in [6.07, 6.45) is 5.27. The molecule has 2 heterocycles. The first-order chi connectivity index (χ1) is 8.53. The normalized spacial score (nSPS) is 37.7. The average molecular weight is 256 g/mol. The number of rotatable bonds is 3. The van der Waals surface area contributed by atoms with Crippen molar-refractivity contribution < 1.29 is 19.1 Å². The molecule has 18 heavy (non-hydrogen) atoms. The van der Waals surface area contributed by atoms with Crippen molar-refractivity contribution in [1.29, 1.82) is 0 Å². The molecule has 0 bridgehead atoms. The number of fused-ring (bicyclic) bond motifs is 1. The van der Waals surface area contributed by atoms with Crippen LogP contribution in [0.4, 0.5) is 0 Å². The number of quaternary nitrogens is 1. The van der Waals surface area contributed by atoms with E-state index in [1.807, 2.05) is 0 Å². The molecule has 0 aromatic carbocycles. The summed E-state index contributed by atoms with van der Waals surface area (Å²) in [5.74, 6) is -0.00247. The average Bonchev–Trinajstić information content (AvgIpc) is 2.34. The number of ether oxygens (including phenoxy) is 1.